The van der Waals surface area contributed by atoms with Crippen LogP contribution in [-0.4, -0.2) is 81.9 Å². The summed E-state index contributed by atoms with van der Waals surface area (Å²) in [5.74, 6) is 1.70. The number of nitrogens with zero attached hydrogens (tertiary/aromatic N) is 3. The number of sulfonamides is 1. The summed E-state index contributed by atoms with van der Waals surface area (Å²) in [5, 5.41) is 3.32. The highest BCUT2D eigenvalue weighted by molar-refractivity contribution is 7.89. The predicted octanol–water partition coefficient (Wildman–Crippen LogP) is 1.84. The zero-order valence-electron chi connectivity index (χ0n) is 18.8. The maximum atomic E-state index is 12.5. The number of piperazine rings is 1. The minimum Gasteiger partial charge on any atom is -0.496 e. The van der Waals surface area contributed by atoms with Crippen molar-refractivity contribution in [1.29, 1.82) is 0 Å². The van der Waals surface area contributed by atoms with Crippen molar-refractivity contribution in [1.82, 2.24) is 14.5 Å². The molecule has 0 unspecified atom stereocenters. The molecule has 0 radical (unpaired) electrons. The molecular formula is C21H36N4O4S. The number of guanidine groups is 1. The lowest BCUT2D eigenvalue weighted by atomic mass is 10.1. The number of hydrogen-bond acceptors (Lipinski definition) is 5. The molecule has 0 atom stereocenters. The molecule has 1 saturated heterocycles. The molecular weight excluding hydrogens is 404 g/mol. The van der Waals surface area contributed by atoms with Crippen LogP contribution < -0.4 is 10.1 Å². The summed E-state index contributed by atoms with van der Waals surface area (Å²) in [7, 11) is -1.63. The van der Waals surface area contributed by atoms with Gasteiger partial charge in [-0.05, 0) is 44.9 Å². The van der Waals surface area contributed by atoms with E-state index in [4.69, 9.17) is 14.5 Å². The molecule has 0 aliphatic carbocycles. The van der Waals surface area contributed by atoms with Gasteiger partial charge in [-0.15, -0.1) is 0 Å². The highest BCUT2D eigenvalue weighted by atomic mass is 32.2. The molecule has 2 rings (SSSR count). The summed E-state index contributed by atoms with van der Waals surface area (Å²) in [4.78, 5) is 6.88. The topological polar surface area (TPSA) is 83.5 Å². The van der Waals surface area contributed by atoms with E-state index in [9.17, 15) is 8.42 Å². The lowest BCUT2D eigenvalue weighted by Crippen LogP contribution is -2.54. The average molecular weight is 441 g/mol. The molecule has 1 aromatic rings. The summed E-state index contributed by atoms with van der Waals surface area (Å²) in [6.07, 6.45) is 0.0328. The van der Waals surface area contributed by atoms with Crippen LogP contribution in [0.1, 0.15) is 31.9 Å². The van der Waals surface area contributed by atoms with Crippen LogP contribution in [0.5, 0.6) is 5.75 Å². The molecule has 0 saturated carbocycles. The number of rotatable bonds is 9. The molecule has 0 bridgehead atoms. The highest BCUT2D eigenvalue weighted by Crippen LogP contribution is 2.19. The predicted molar refractivity (Wildman–Crippen MR) is 121 cm³/mol. The molecule has 1 N–H and O–H groups in total. The molecule has 0 aromatic heterocycles. The maximum absolute atomic E-state index is 12.5. The van der Waals surface area contributed by atoms with Crippen LogP contribution >= 0.6 is 0 Å². The molecule has 1 fully saturated rings. The third-order valence-electron chi connectivity index (χ3n) is 4.93. The van der Waals surface area contributed by atoms with E-state index in [0.717, 1.165) is 29.4 Å². The van der Waals surface area contributed by atoms with Crippen molar-refractivity contribution in [2.45, 2.75) is 40.3 Å². The fraction of sp³-hybridized carbons (Fsp3) is 0.667. The minimum absolute atomic E-state index is 0.0240. The lowest BCUT2D eigenvalue weighted by Gasteiger charge is -2.36. The standard InChI is InChI=1S/C21H36N4O4S/c1-6-22-21(23-16-19-7-8-20(28-5)18(4)15-19)24-9-11-25(12-10-24)30(26,27)14-13-29-17(2)3/h7-8,15,17H,6,9-14,16H2,1-5H3,(H,22,23). The van der Waals surface area contributed by atoms with Crippen molar-refractivity contribution in [2.24, 2.45) is 4.99 Å². The Balaban J connectivity index is 1.96. The number of methoxy groups -OCH3 is 1. The van der Waals surface area contributed by atoms with Gasteiger partial charge in [0.15, 0.2) is 5.96 Å². The Morgan fingerprint density at radius 2 is 1.93 bits per heavy atom. The molecule has 1 heterocycles. The first-order chi connectivity index (χ1) is 14.3. The zero-order valence-corrected chi connectivity index (χ0v) is 19.7. The number of aryl methyl sites for hydroxylation is 1. The van der Waals surface area contributed by atoms with Gasteiger partial charge < -0.3 is 19.7 Å². The fourth-order valence-electron chi connectivity index (χ4n) is 3.33. The van der Waals surface area contributed by atoms with E-state index in [1.165, 1.54) is 0 Å². The van der Waals surface area contributed by atoms with Gasteiger partial charge in [0.05, 0.1) is 32.1 Å². The van der Waals surface area contributed by atoms with Crippen molar-refractivity contribution >= 4 is 16.0 Å². The van der Waals surface area contributed by atoms with E-state index in [2.05, 4.69) is 16.3 Å². The van der Waals surface area contributed by atoms with Crippen LogP contribution in [0.25, 0.3) is 0 Å². The highest BCUT2D eigenvalue weighted by Gasteiger charge is 2.28. The van der Waals surface area contributed by atoms with Crippen molar-refractivity contribution < 1.29 is 17.9 Å². The van der Waals surface area contributed by atoms with Crippen LogP contribution in [0.3, 0.4) is 0 Å². The summed E-state index contributed by atoms with van der Waals surface area (Å²) >= 11 is 0. The quantitative estimate of drug-likeness (QED) is 0.466. The third kappa shape index (κ3) is 7.14. The number of aliphatic imine (C=N–C) groups is 1. The van der Waals surface area contributed by atoms with Crippen molar-refractivity contribution in [3.05, 3.63) is 29.3 Å². The van der Waals surface area contributed by atoms with Gasteiger partial charge in [-0.3, -0.25) is 0 Å². The van der Waals surface area contributed by atoms with E-state index in [1.54, 1.807) is 11.4 Å². The van der Waals surface area contributed by atoms with E-state index in [1.807, 2.05) is 39.8 Å². The molecule has 1 aliphatic rings. The zero-order chi connectivity index (χ0) is 22.1. The molecule has 1 aromatic carbocycles. The number of nitrogens with one attached hydrogen (secondary N) is 1. The van der Waals surface area contributed by atoms with Gasteiger partial charge >= 0.3 is 0 Å². The Kier molecular flexibility index (Phi) is 9.38. The van der Waals surface area contributed by atoms with Gasteiger partial charge in [0.25, 0.3) is 0 Å². The molecule has 0 spiro atoms. The van der Waals surface area contributed by atoms with E-state index in [0.29, 0.717) is 32.7 Å². The Hall–Kier alpha value is -1.84. The first-order valence-electron chi connectivity index (χ1n) is 10.5. The monoisotopic (exact) mass is 440 g/mol. The van der Waals surface area contributed by atoms with Gasteiger partial charge in [0, 0.05) is 32.7 Å². The van der Waals surface area contributed by atoms with Crippen LogP contribution in [0, 0.1) is 6.92 Å². The summed E-state index contributed by atoms with van der Waals surface area (Å²) in [6, 6.07) is 6.05. The third-order valence-corrected chi connectivity index (χ3v) is 6.76. The fourth-order valence-corrected chi connectivity index (χ4v) is 4.61. The lowest BCUT2D eigenvalue weighted by molar-refractivity contribution is 0.0904. The SMILES string of the molecule is CCNC(=NCc1ccc(OC)c(C)c1)N1CCN(S(=O)(=O)CCOC(C)C)CC1. The van der Waals surface area contributed by atoms with Gasteiger partial charge in [-0.1, -0.05) is 12.1 Å². The molecule has 30 heavy (non-hydrogen) atoms. The van der Waals surface area contributed by atoms with Crippen molar-refractivity contribution in [3.63, 3.8) is 0 Å². The Morgan fingerprint density at radius 1 is 1.23 bits per heavy atom. The van der Waals surface area contributed by atoms with Crippen LogP contribution in [0.4, 0.5) is 0 Å². The number of benzene rings is 1. The van der Waals surface area contributed by atoms with Crippen molar-refractivity contribution in [3.8, 4) is 5.75 Å². The molecule has 1 aliphatic heterocycles. The number of hydrogen-bond donors (Lipinski definition) is 1. The average Bonchev–Trinajstić information content (AvgIpc) is 2.71. The molecule has 8 nitrogen and oxygen atoms in total. The Morgan fingerprint density at radius 3 is 2.50 bits per heavy atom. The largest absolute Gasteiger partial charge is 0.496 e. The molecule has 0 amide bonds. The minimum atomic E-state index is -3.30. The molecule has 9 heteroatoms. The normalized spacial score (nSPS) is 16.2. The summed E-state index contributed by atoms with van der Waals surface area (Å²) in [6.45, 7) is 11.5. The van der Waals surface area contributed by atoms with E-state index >= 15 is 0 Å². The number of ether oxygens (including phenoxy) is 2. The Bertz CT molecular complexity index is 803. The van der Waals surface area contributed by atoms with Gasteiger partial charge in [0.2, 0.25) is 10.0 Å². The van der Waals surface area contributed by atoms with Crippen LogP contribution in [0.15, 0.2) is 23.2 Å². The molecule has 170 valence electrons. The van der Waals surface area contributed by atoms with E-state index < -0.39 is 10.0 Å². The van der Waals surface area contributed by atoms with E-state index in [-0.39, 0.29) is 18.5 Å². The van der Waals surface area contributed by atoms with Gasteiger partial charge in [-0.2, -0.15) is 4.31 Å². The van der Waals surface area contributed by atoms with Crippen molar-refractivity contribution in [2.75, 3.05) is 52.2 Å². The first kappa shape index (κ1) is 24.4. The second-order valence-electron chi connectivity index (χ2n) is 7.60. The second-order valence-corrected chi connectivity index (χ2v) is 9.68. The maximum Gasteiger partial charge on any atom is 0.216 e. The van der Waals surface area contributed by atoms with Crippen LogP contribution in [-0.2, 0) is 21.3 Å². The summed E-state index contributed by atoms with van der Waals surface area (Å²) in [5.41, 5.74) is 2.19. The van der Waals surface area contributed by atoms with Gasteiger partial charge in [-0.25, -0.2) is 13.4 Å². The smallest absolute Gasteiger partial charge is 0.216 e. The second kappa shape index (κ2) is 11.5. The van der Waals surface area contributed by atoms with Gasteiger partial charge in [0.1, 0.15) is 5.75 Å². The summed E-state index contributed by atoms with van der Waals surface area (Å²) < 4.78 is 37.3. The first-order valence-corrected chi connectivity index (χ1v) is 12.1. The Labute approximate surface area is 181 Å². The van der Waals surface area contributed by atoms with Crippen LogP contribution in [0.2, 0.25) is 0 Å².